The minimum absolute atomic E-state index is 0.271. The summed E-state index contributed by atoms with van der Waals surface area (Å²) in [7, 11) is 0. The summed E-state index contributed by atoms with van der Waals surface area (Å²) in [6.07, 6.45) is 3.09. The van der Waals surface area contributed by atoms with E-state index in [1.165, 1.54) is 11.6 Å². The number of carbonyl (C=O) groups excluding carboxylic acids is 2. The first-order valence-electron chi connectivity index (χ1n) is 11.2. The van der Waals surface area contributed by atoms with Crippen molar-refractivity contribution in [1.29, 1.82) is 0 Å². The zero-order chi connectivity index (χ0) is 24.2. The Labute approximate surface area is 199 Å². The molecule has 1 heterocycles. The molecule has 1 aromatic heterocycles. The molecule has 0 saturated heterocycles. The topological polar surface area (TPSA) is 57.5 Å². The number of aryl methyl sites for hydroxylation is 2. The van der Waals surface area contributed by atoms with Crippen molar-refractivity contribution in [3.8, 4) is 11.4 Å². The molecule has 0 N–H and O–H groups in total. The normalized spacial score (nSPS) is 11.2. The van der Waals surface area contributed by atoms with Crippen molar-refractivity contribution >= 4 is 28.9 Å². The second-order valence-corrected chi connectivity index (χ2v) is 8.15. The molecule has 34 heavy (non-hydrogen) atoms. The van der Waals surface area contributed by atoms with Crippen LogP contribution in [0.2, 0.25) is 0 Å². The molecule has 0 aliphatic carbocycles. The van der Waals surface area contributed by atoms with Crippen molar-refractivity contribution in [1.82, 2.24) is 4.57 Å². The molecule has 0 aliphatic rings. The molecule has 0 unspecified atom stereocenters. The minimum atomic E-state index is -0.494. The number of rotatable bonds is 6. The maximum atomic E-state index is 12.9. The summed E-state index contributed by atoms with van der Waals surface area (Å²) in [5.41, 5.74) is 6.23. The van der Waals surface area contributed by atoms with E-state index in [1.807, 2.05) is 69.3 Å². The summed E-state index contributed by atoms with van der Waals surface area (Å²) in [6, 6.07) is 21.1. The van der Waals surface area contributed by atoms with E-state index >= 15 is 0 Å². The molecule has 0 radical (unpaired) electrons. The van der Waals surface area contributed by atoms with Crippen LogP contribution in [0.1, 0.15) is 39.7 Å². The lowest BCUT2D eigenvalue weighted by molar-refractivity contribution is -0.128. The standard InChI is InChI=1S/C29H27NO4/c1-5-33-29(32)28-21(4)30(25-14-11-19(2)17-20(25)3)26-15-13-23(18-24(26)28)34-27(31)16-12-22-9-7-6-8-10-22/h6-18H,5H2,1-4H3/b16-12-. The molecule has 4 aromatic rings. The Morgan fingerprint density at radius 1 is 0.941 bits per heavy atom. The van der Waals surface area contributed by atoms with Crippen LogP contribution in [0.3, 0.4) is 0 Å². The predicted molar refractivity (Wildman–Crippen MR) is 135 cm³/mol. The van der Waals surface area contributed by atoms with E-state index in [2.05, 4.69) is 10.6 Å². The molecule has 0 spiro atoms. The molecule has 172 valence electrons. The number of fused-ring (bicyclic) bond motifs is 1. The van der Waals surface area contributed by atoms with Crippen molar-refractivity contribution in [2.75, 3.05) is 6.61 Å². The molecule has 0 amide bonds. The van der Waals surface area contributed by atoms with E-state index < -0.39 is 11.9 Å². The maximum Gasteiger partial charge on any atom is 0.340 e. The maximum absolute atomic E-state index is 12.9. The van der Waals surface area contributed by atoms with E-state index in [0.717, 1.165) is 28.0 Å². The van der Waals surface area contributed by atoms with Gasteiger partial charge in [-0.1, -0.05) is 48.0 Å². The molecule has 3 aromatic carbocycles. The lowest BCUT2D eigenvalue weighted by Crippen LogP contribution is -2.07. The summed E-state index contributed by atoms with van der Waals surface area (Å²) in [4.78, 5) is 25.3. The van der Waals surface area contributed by atoms with E-state index in [9.17, 15) is 9.59 Å². The van der Waals surface area contributed by atoms with Gasteiger partial charge in [0.1, 0.15) is 5.75 Å². The fourth-order valence-electron chi connectivity index (χ4n) is 4.17. The van der Waals surface area contributed by atoms with Gasteiger partial charge in [-0.3, -0.25) is 0 Å². The van der Waals surface area contributed by atoms with Crippen LogP contribution in [0, 0.1) is 20.8 Å². The number of ether oxygens (including phenoxy) is 2. The zero-order valence-corrected chi connectivity index (χ0v) is 19.8. The van der Waals surface area contributed by atoms with Gasteiger partial charge in [-0.15, -0.1) is 0 Å². The number of carbonyl (C=O) groups is 2. The highest BCUT2D eigenvalue weighted by atomic mass is 16.5. The Hall–Kier alpha value is -4.12. The van der Waals surface area contributed by atoms with Gasteiger partial charge in [0.2, 0.25) is 0 Å². The summed E-state index contributed by atoms with van der Waals surface area (Å²) in [6.45, 7) is 8.05. The van der Waals surface area contributed by atoms with E-state index in [-0.39, 0.29) is 6.61 Å². The Kier molecular flexibility index (Phi) is 6.64. The summed E-state index contributed by atoms with van der Waals surface area (Å²) >= 11 is 0. The van der Waals surface area contributed by atoms with Crippen molar-refractivity contribution < 1.29 is 19.1 Å². The largest absolute Gasteiger partial charge is 0.462 e. The number of hydrogen-bond donors (Lipinski definition) is 0. The average Bonchev–Trinajstić information content (AvgIpc) is 3.09. The molecular formula is C29H27NO4. The smallest absolute Gasteiger partial charge is 0.340 e. The molecule has 0 fully saturated rings. The Bertz CT molecular complexity index is 1400. The highest BCUT2D eigenvalue weighted by Crippen LogP contribution is 2.33. The van der Waals surface area contributed by atoms with Gasteiger partial charge in [-0.05, 0) is 69.2 Å². The van der Waals surface area contributed by atoms with Crippen LogP contribution < -0.4 is 4.74 Å². The molecule has 5 nitrogen and oxygen atoms in total. The van der Waals surface area contributed by atoms with Gasteiger partial charge < -0.3 is 14.0 Å². The quantitative estimate of drug-likeness (QED) is 0.194. The molecule has 4 rings (SSSR count). The molecular weight excluding hydrogens is 426 g/mol. The molecule has 0 bridgehead atoms. The lowest BCUT2D eigenvalue weighted by atomic mass is 10.1. The van der Waals surface area contributed by atoms with Gasteiger partial charge in [0.25, 0.3) is 0 Å². The van der Waals surface area contributed by atoms with Crippen molar-refractivity contribution in [2.45, 2.75) is 27.7 Å². The van der Waals surface area contributed by atoms with Crippen LogP contribution in [0.15, 0.2) is 72.8 Å². The summed E-state index contributed by atoms with van der Waals surface area (Å²) in [5.74, 6) is -0.536. The molecule has 0 aliphatic heterocycles. The van der Waals surface area contributed by atoms with Crippen LogP contribution in [-0.2, 0) is 9.53 Å². The van der Waals surface area contributed by atoms with Gasteiger partial charge in [-0.2, -0.15) is 0 Å². The van der Waals surface area contributed by atoms with Gasteiger partial charge in [0.15, 0.2) is 0 Å². The Morgan fingerprint density at radius 3 is 2.41 bits per heavy atom. The Morgan fingerprint density at radius 2 is 1.71 bits per heavy atom. The van der Waals surface area contributed by atoms with Gasteiger partial charge in [0, 0.05) is 22.8 Å². The number of aromatic nitrogens is 1. The lowest BCUT2D eigenvalue weighted by Gasteiger charge is -2.13. The number of hydrogen-bond acceptors (Lipinski definition) is 4. The minimum Gasteiger partial charge on any atom is -0.462 e. The van der Waals surface area contributed by atoms with E-state index in [1.54, 1.807) is 25.1 Å². The van der Waals surface area contributed by atoms with E-state index in [4.69, 9.17) is 9.47 Å². The van der Waals surface area contributed by atoms with E-state index in [0.29, 0.717) is 16.7 Å². The fraction of sp³-hybridized carbons (Fsp3) is 0.172. The number of nitrogens with zero attached hydrogens (tertiary/aromatic N) is 1. The van der Waals surface area contributed by atoms with Gasteiger partial charge in [0.05, 0.1) is 17.7 Å². The first-order chi connectivity index (χ1) is 16.4. The van der Waals surface area contributed by atoms with Crippen LogP contribution >= 0.6 is 0 Å². The second-order valence-electron chi connectivity index (χ2n) is 8.15. The Balaban J connectivity index is 1.76. The third-order valence-electron chi connectivity index (χ3n) is 5.68. The van der Waals surface area contributed by atoms with Crippen molar-refractivity contribution in [3.05, 3.63) is 101 Å². The highest BCUT2D eigenvalue weighted by molar-refractivity contribution is 6.07. The SMILES string of the molecule is CCOC(=O)c1c(C)n(-c2ccc(C)cc2C)c2ccc(OC(=O)/C=C\c3ccccc3)cc12. The molecule has 5 heteroatoms. The fourth-order valence-corrected chi connectivity index (χ4v) is 4.17. The zero-order valence-electron chi connectivity index (χ0n) is 19.8. The second kappa shape index (κ2) is 9.79. The molecule has 0 atom stereocenters. The number of esters is 2. The van der Waals surface area contributed by atoms with Gasteiger partial charge >= 0.3 is 11.9 Å². The van der Waals surface area contributed by atoms with Crippen LogP contribution in [0.5, 0.6) is 5.75 Å². The average molecular weight is 454 g/mol. The highest BCUT2D eigenvalue weighted by Gasteiger charge is 2.23. The van der Waals surface area contributed by atoms with Gasteiger partial charge in [-0.25, -0.2) is 9.59 Å². The first-order valence-corrected chi connectivity index (χ1v) is 11.2. The van der Waals surface area contributed by atoms with Crippen molar-refractivity contribution in [2.24, 2.45) is 0 Å². The van der Waals surface area contributed by atoms with Crippen LogP contribution in [0.4, 0.5) is 0 Å². The first kappa shape index (κ1) is 23.1. The summed E-state index contributed by atoms with van der Waals surface area (Å²) in [5, 5.41) is 0.674. The number of benzene rings is 3. The summed E-state index contributed by atoms with van der Waals surface area (Å²) < 4.78 is 13.0. The third-order valence-corrected chi connectivity index (χ3v) is 5.68. The predicted octanol–water partition coefficient (Wildman–Crippen LogP) is 6.35. The van der Waals surface area contributed by atoms with Crippen LogP contribution in [-0.4, -0.2) is 23.1 Å². The monoisotopic (exact) mass is 453 g/mol. The van der Waals surface area contributed by atoms with Crippen molar-refractivity contribution in [3.63, 3.8) is 0 Å². The molecule has 0 saturated carbocycles. The van der Waals surface area contributed by atoms with Crippen LogP contribution in [0.25, 0.3) is 22.7 Å². The third kappa shape index (κ3) is 4.64.